The van der Waals surface area contributed by atoms with Gasteiger partial charge in [0, 0.05) is 24.8 Å². The van der Waals surface area contributed by atoms with Crippen LogP contribution >= 0.6 is 11.6 Å². The predicted molar refractivity (Wildman–Crippen MR) is 67.2 cm³/mol. The van der Waals surface area contributed by atoms with Gasteiger partial charge in [0.25, 0.3) is 0 Å². The van der Waals surface area contributed by atoms with Gasteiger partial charge < -0.3 is 16.4 Å². The van der Waals surface area contributed by atoms with Crippen molar-refractivity contribution in [2.75, 3.05) is 18.4 Å². The molecular formula is C12H14ClN3O. The second-order valence-corrected chi connectivity index (χ2v) is 5.12. The molecule has 3 rings (SSSR count). The normalized spacial score (nSPS) is 29.8. The third-order valence-corrected chi connectivity index (χ3v) is 3.97. The summed E-state index contributed by atoms with van der Waals surface area (Å²) in [6.45, 7) is 2.19. The van der Waals surface area contributed by atoms with Gasteiger partial charge in [-0.25, -0.2) is 0 Å². The Kier molecular flexibility index (Phi) is 2.49. The SMILES string of the molecule is NC(=O)c1ccc(NC2C3CNCC32)cc1Cl. The molecular weight excluding hydrogens is 238 g/mol. The molecule has 1 heterocycles. The van der Waals surface area contributed by atoms with E-state index in [9.17, 15) is 4.79 Å². The number of halogens is 1. The van der Waals surface area contributed by atoms with Gasteiger partial charge in [-0.3, -0.25) is 4.79 Å². The van der Waals surface area contributed by atoms with Gasteiger partial charge in [-0.05, 0) is 30.0 Å². The van der Waals surface area contributed by atoms with E-state index in [1.807, 2.05) is 6.07 Å². The van der Waals surface area contributed by atoms with Crippen LogP contribution in [0.4, 0.5) is 5.69 Å². The van der Waals surface area contributed by atoms with Gasteiger partial charge in [0.2, 0.25) is 5.91 Å². The molecule has 0 bridgehead atoms. The molecule has 2 fully saturated rings. The van der Waals surface area contributed by atoms with Crippen molar-refractivity contribution >= 4 is 23.2 Å². The number of nitrogens with one attached hydrogen (secondary N) is 2. The first-order chi connectivity index (χ1) is 8.16. The van der Waals surface area contributed by atoms with Gasteiger partial charge in [-0.2, -0.15) is 0 Å². The Hall–Kier alpha value is -1.26. The van der Waals surface area contributed by atoms with Crippen LogP contribution in [0.5, 0.6) is 0 Å². The largest absolute Gasteiger partial charge is 0.382 e. The Labute approximate surface area is 105 Å². The molecule has 0 aromatic heterocycles. The van der Waals surface area contributed by atoms with E-state index in [2.05, 4.69) is 10.6 Å². The summed E-state index contributed by atoms with van der Waals surface area (Å²) in [5.74, 6) is 0.989. The average molecular weight is 252 g/mol. The van der Waals surface area contributed by atoms with Crippen molar-refractivity contribution in [1.82, 2.24) is 5.32 Å². The summed E-state index contributed by atoms with van der Waals surface area (Å²) in [6.07, 6.45) is 0. The molecule has 1 aromatic rings. The number of carbonyl (C=O) groups is 1. The van der Waals surface area contributed by atoms with Gasteiger partial charge in [-0.15, -0.1) is 0 Å². The average Bonchev–Trinajstić information content (AvgIpc) is 2.74. The smallest absolute Gasteiger partial charge is 0.250 e. The van der Waals surface area contributed by atoms with Crippen LogP contribution in [0.25, 0.3) is 0 Å². The minimum Gasteiger partial charge on any atom is -0.382 e. The summed E-state index contributed by atoms with van der Waals surface area (Å²) in [7, 11) is 0. The third-order valence-electron chi connectivity index (χ3n) is 3.66. The predicted octanol–water partition coefficient (Wildman–Crippen LogP) is 1.07. The number of anilines is 1. The van der Waals surface area contributed by atoms with E-state index in [0.29, 0.717) is 16.6 Å². The van der Waals surface area contributed by atoms with E-state index in [4.69, 9.17) is 17.3 Å². The number of hydrogen-bond acceptors (Lipinski definition) is 3. The summed E-state index contributed by atoms with van der Waals surface area (Å²) in [5.41, 5.74) is 6.53. The highest BCUT2D eigenvalue weighted by atomic mass is 35.5. The number of fused-ring (bicyclic) bond motifs is 1. The zero-order valence-corrected chi connectivity index (χ0v) is 10.00. The Morgan fingerprint density at radius 3 is 2.71 bits per heavy atom. The van der Waals surface area contributed by atoms with E-state index in [-0.39, 0.29) is 0 Å². The number of primary amides is 1. The van der Waals surface area contributed by atoms with Crippen molar-refractivity contribution in [3.05, 3.63) is 28.8 Å². The molecule has 1 aromatic carbocycles. The Balaban J connectivity index is 1.72. The first-order valence-electron chi connectivity index (χ1n) is 5.73. The van der Waals surface area contributed by atoms with Crippen molar-refractivity contribution < 1.29 is 4.79 Å². The lowest BCUT2D eigenvalue weighted by Crippen LogP contribution is -2.21. The maximum atomic E-state index is 11.0. The number of piperidine rings is 1. The second kappa shape index (κ2) is 3.89. The topological polar surface area (TPSA) is 67.2 Å². The molecule has 0 spiro atoms. The van der Waals surface area contributed by atoms with E-state index in [1.165, 1.54) is 0 Å². The molecule has 1 aliphatic carbocycles. The van der Waals surface area contributed by atoms with Crippen LogP contribution < -0.4 is 16.4 Å². The van der Waals surface area contributed by atoms with E-state index < -0.39 is 5.91 Å². The summed E-state index contributed by atoms with van der Waals surface area (Å²) in [6, 6.07) is 5.84. The highest BCUT2D eigenvalue weighted by Crippen LogP contribution is 2.43. The molecule has 1 saturated heterocycles. The molecule has 2 atom stereocenters. The van der Waals surface area contributed by atoms with Crippen LogP contribution in [0.2, 0.25) is 5.02 Å². The molecule has 90 valence electrons. The molecule has 4 N–H and O–H groups in total. The van der Waals surface area contributed by atoms with Crippen molar-refractivity contribution in [3.63, 3.8) is 0 Å². The summed E-state index contributed by atoms with van der Waals surface area (Å²) in [4.78, 5) is 11.0. The van der Waals surface area contributed by atoms with Crippen molar-refractivity contribution in [2.24, 2.45) is 17.6 Å². The second-order valence-electron chi connectivity index (χ2n) is 4.71. The number of hydrogen-bond donors (Lipinski definition) is 3. The van der Waals surface area contributed by atoms with Crippen molar-refractivity contribution in [1.29, 1.82) is 0 Å². The van der Waals surface area contributed by atoms with Crippen LogP contribution in [-0.4, -0.2) is 25.0 Å². The molecule has 1 amide bonds. The van der Waals surface area contributed by atoms with Crippen LogP contribution in [0.15, 0.2) is 18.2 Å². The minimum absolute atomic E-state index is 0.370. The summed E-state index contributed by atoms with van der Waals surface area (Å²) in [5, 5.41) is 7.20. The molecule has 4 nitrogen and oxygen atoms in total. The van der Waals surface area contributed by atoms with E-state index in [1.54, 1.807) is 12.1 Å². The van der Waals surface area contributed by atoms with Crippen LogP contribution in [-0.2, 0) is 0 Å². The molecule has 1 aliphatic heterocycles. The fourth-order valence-electron chi connectivity index (χ4n) is 2.63. The highest BCUT2D eigenvalue weighted by Gasteiger charge is 2.52. The van der Waals surface area contributed by atoms with Crippen LogP contribution in [0.1, 0.15) is 10.4 Å². The monoisotopic (exact) mass is 251 g/mol. The molecule has 2 unspecified atom stereocenters. The highest BCUT2D eigenvalue weighted by molar-refractivity contribution is 6.34. The van der Waals surface area contributed by atoms with Gasteiger partial charge in [0.1, 0.15) is 0 Å². The zero-order valence-electron chi connectivity index (χ0n) is 9.24. The fraction of sp³-hybridized carbons (Fsp3) is 0.417. The third kappa shape index (κ3) is 1.87. The van der Waals surface area contributed by atoms with E-state index >= 15 is 0 Å². The van der Waals surface area contributed by atoms with Crippen LogP contribution in [0.3, 0.4) is 0 Å². The molecule has 2 aliphatic rings. The number of benzene rings is 1. The molecule has 5 heteroatoms. The van der Waals surface area contributed by atoms with Gasteiger partial charge in [0.05, 0.1) is 10.6 Å². The standard InChI is InChI=1S/C12H14ClN3O/c13-10-3-6(1-2-7(10)12(14)17)16-11-8-4-15-5-9(8)11/h1-3,8-9,11,15-16H,4-5H2,(H2,14,17). The zero-order chi connectivity index (χ0) is 12.0. The number of amides is 1. The molecule has 17 heavy (non-hydrogen) atoms. The van der Waals surface area contributed by atoms with Crippen LogP contribution in [0, 0.1) is 11.8 Å². The van der Waals surface area contributed by atoms with Gasteiger partial charge in [-0.1, -0.05) is 11.6 Å². The lowest BCUT2D eigenvalue weighted by atomic mass is 10.2. The maximum absolute atomic E-state index is 11.0. The van der Waals surface area contributed by atoms with Gasteiger partial charge >= 0.3 is 0 Å². The summed E-state index contributed by atoms with van der Waals surface area (Å²) >= 11 is 6.00. The molecule has 1 saturated carbocycles. The first kappa shape index (κ1) is 10.9. The van der Waals surface area contributed by atoms with Crippen molar-refractivity contribution in [3.8, 4) is 0 Å². The Morgan fingerprint density at radius 1 is 1.41 bits per heavy atom. The Morgan fingerprint density at radius 2 is 2.12 bits per heavy atom. The van der Waals surface area contributed by atoms with E-state index in [0.717, 1.165) is 30.6 Å². The number of rotatable bonds is 3. The Bertz CT molecular complexity index is 467. The number of nitrogens with two attached hydrogens (primary N) is 1. The maximum Gasteiger partial charge on any atom is 0.250 e. The molecule has 0 radical (unpaired) electrons. The fourth-order valence-corrected chi connectivity index (χ4v) is 2.90. The first-order valence-corrected chi connectivity index (χ1v) is 6.11. The van der Waals surface area contributed by atoms with Crippen molar-refractivity contribution in [2.45, 2.75) is 6.04 Å². The number of carbonyl (C=O) groups excluding carboxylic acids is 1. The lowest BCUT2D eigenvalue weighted by Gasteiger charge is -2.10. The lowest BCUT2D eigenvalue weighted by molar-refractivity contribution is 0.100. The van der Waals surface area contributed by atoms with Gasteiger partial charge in [0.15, 0.2) is 0 Å². The minimum atomic E-state index is -0.492. The summed E-state index contributed by atoms with van der Waals surface area (Å²) < 4.78 is 0. The quantitative estimate of drug-likeness (QED) is 0.753.